The van der Waals surface area contributed by atoms with Gasteiger partial charge in [-0.05, 0) is 49.7 Å². The van der Waals surface area contributed by atoms with Crippen LogP contribution in [0.4, 0.5) is 5.69 Å². The molecule has 2 aromatic heterocycles. The molecule has 0 radical (unpaired) electrons. The third-order valence-corrected chi connectivity index (χ3v) is 5.72. The number of anilines is 1. The van der Waals surface area contributed by atoms with Crippen LogP contribution in [0.15, 0.2) is 73.1 Å². The van der Waals surface area contributed by atoms with Gasteiger partial charge < -0.3 is 9.72 Å². The van der Waals surface area contributed by atoms with Crippen LogP contribution in [0.5, 0.6) is 0 Å². The molecule has 0 fully saturated rings. The van der Waals surface area contributed by atoms with Crippen molar-refractivity contribution >= 4 is 29.1 Å². The maximum Gasteiger partial charge on any atom is 0.262 e. The van der Waals surface area contributed by atoms with Gasteiger partial charge in [0, 0.05) is 23.6 Å². The van der Waals surface area contributed by atoms with Crippen molar-refractivity contribution in [3.8, 4) is 11.3 Å². The van der Waals surface area contributed by atoms with Gasteiger partial charge in [0.1, 0.15) is 11.7 Å². The molecule has 32 heavy (non-hydrogen) atoms. The number of carbonyl (C=O) groups excluding carboxylic acids is 3. The van der Waals surface area contributed by atoms with Crippen molar-refractivity contribution < 1.29 is 14.4 Å². The summed E-state index contributed by atoms with van der Waals surface area (Å²) < 4.78 is 1.98. The molecule has 1 atom stereocenters. The fourth-order valence-corrected chi connectivity index (χ4v) is 3.94. The number of hydrogen-bond acceptors (Lipinski definition) is 4. The Morgan fingerprint density at radius 2 is 1.59 bits per heavy atom. The van der Waals surface area contributed by atoms with Crippen molar-refractivity contribution in [2.75, 3.05) is 5.32 Å². The molecule has 0 aliphatic carbocycles. The van der Waals surface area contributed by atoms with Crippen LogP contribution < -0.4 is 5.32 Å². The molecule has 0 spiro atoms. The zero-order valence-electron chi connectivity index (χ0n) is 17.6. The van der Waals surface area contributed by atoms with Crippen LogP contribution in [0.2, 0.25) is 0 Å². The van der Waals surface area contributed by atoms with Crippen molar-refractivity contribution in [2.24, 2.45) is 0 Å². The summed E-state index contributed by atoms with van der Waals surface area (Å²) in [7, 11) is 0. The third kappa shape index (κ3) is 3.15. The van der Waals surface area contributed by atoms with Crippen LogP contribution in [0.3, 0.4) is 0 Å². The fourth-order valence-electron chi connectivity index (χ4n) is 3.94. The molecule has 1 aliphatic heterocycles. The first-order valence-corrected chi connectivity index (χ1v) is 10.3. The maximum atomic E-state index is 12.8. The van der Waals surface area contributed by atoms with Gasteiger partial charge in [-0.1, -0.05) is 30.3 Å². The van der Waals surface area contributed by atoms with E-state index in [4.69, 9.17) is 0 Å². The van der Waals surface area contributed by atoms with Crippen molar-refractivity contribution in [1.82, 2.24) is 14.3 Å². The minimum atomic E-state index is -0.941. The molecule has 7 nitrogen and oxygen atoms in total. The molecular formula is C25H20N4O3. The Balaban J connectivity index is 1.32. The first-order valence-electron chi connectivity index (χ1n) is 10.3. The Hall–Kier alpha value is -4.26. The van der Waals surface area contributed by atoms with Gasteiger partial charge in [-0.15, -0.1) is 0 Å². The molecule has 0 bridgehead atoms. The van der Waals surface area contributed by atoms with E-state index in [0.717, 1.165) is 27.4 Å². The predicted octanol–water partition coefficient (Wildman–Crippen LogP) is 3.93. The molecule has 158 valence electrons. The maximum absolute atomic E-state index is 12.8. The highest BCUT2D eigenvalue weighted by Gasteiger charge is 2.40. The molecular weight excluding hydrogens is 404 g/mol. The number of rotatable bonds is 4. The highest BCUT2D eigenvalue weighted by atomic mass is 16.2. The number of imide groups is 1. The molecule has 0 saturated carbocycles. The van der Waals surface area contributed by atoms with E-state index in [1.807, 2.05) is 48.0 Å². The van der Waals surface area contributed by atoms with Crippen molar-refractivity contribution in [3.63, 3.8) is 0 Å². The predicted molar refractivity (Wildman–Crippen MR) is 120 cm³/mol. The molecule has 5 rings (SSSR count). The molecule has 3 heterocycles. The second-order valence-corrected chi connectivity index (χ2v) is 7.82. The van der Waals surface area contributed by atoms with E-state index in [1.165, 1.54) is 0 Å². The number of nitrogens with zero attached hydrogens (tertiary/aromatic N) is 3. The second-order valence-electron chi connectivity index (χ2n) is 7.82. The topological polar surface area (TPSA) is 83.8 Å². The second kappa shape index (κ2) is 7.46. The monoisotopic (exact) mass is 424 g/mol. The number of aryl methyl sites for hydroxylation is 1. The summed E-state index contributed by atoms with van der Waals surface area (Å²) in [6, 6.07) is 16.9. The van der Waals surface area contributed by atoms with Gasteiger partial charge in [-0.3, -0.25) is 19.3 Å². The van der Waals surface area contributed by atoms with Crippen LogP contribution in [0, 0.1) is 6.92 Å². The third-order valence-electron chi connectivity index (χ3n) is 5.72. The van der Waals surface area contributed by atoms with E-state index >= 15 is 0 Å². The minimum Gasteiger partial charge on any atom is -0.324 e. The smallest absolute Gasteiger partial charge is 0.262 e. The van der Waals surface area contributed by atoms with E-state index in [-0.39, 0.29) is 0 Å². The van der Waals surface area contributed by atoms with E-state index in [0.29, 0.717) is 16.8 Å². The van der Waals surface area contributed by atoms with Crippen LogP contribution in [0.25, 0.3) is 16.9 Å². The van der Waals surface area contributed by atoms with Gasteiger partial charge in [0.15, 0.2) is 0 Å². The lowest BCUT2D eigenvalue weighted by Gasteiger charge is -2.21. The highest BCUT2D eigenvalue weighted by molar-refractivity contribution is 6.23. The number of nitrogens with one attached hydrogen (secondary N) is 1. The molecule has 7 heteroatoms. The SMILES string of the molecule is Cc1cccn2cc(-c3ccc(NC(=O)[C@H](C)N4C(=O)c5ccccc5C4=O)cc3)nc12. The van der Waals surface area contributed by atoms with Crippen molar-refractivity contribution in [1.29, 1.82) is 0 Å². The number of imidazole rings is 1. The molecule has 4 aromatic rings. The summed E-state index contributed by atoms with van der Waals surface area (Å²) in [4.78, 5) is 43.7. The van der Waals surface area contributed by atoms with Crippen LogP contribution in [0.1, 0.15) is 33.2 Å². The molecule has 2 aromatic carbocycles. The van der Waals surface area contributed by atoms with E-state index in [1.54, 1.807) is 43.3 Å². The van der Waals surface area contributed by atoms with E-state index < -0.39 is 23.8 Å². The van der Waals surface area contributed by atoms with Crippen molar-refractivity contribution in [2.45, 2.75) is 19.9 Å². The van der Waals surface area contributed by atoms with Crippen LogP contribution in [-0.2, 0) is 4.79 Å². The number of pyridine rings is 1. The summed E-state index contributed by atoms with van der Waals surface area (Å²) in [5.41, 5.74) is 4.95. The molecule has 3 amide bonds. The summed E-state index contributed by atoms with van der Waals surface area (Å²) in [6.45, 7) is 3.56. The number of benzene rings is 2. The van der Waals surface area contributed by atoms with Crippen LogP contribution >= 0.6 is 0 Å². The molecule has 1 aliphatic rings. The standard InChI is InChI=1S/C25H20N4O3/c1-15-6-5-13-28-14-21(27-22(15)28)17-9-11-18(12-10-17)26-23(30)16(2)29-24(31)19-7-3-4-8-20(19)25(29)32/h3-14,16H,1-2H3,(H,26,30)/t16-/m0/s1. The zero-order chi connectivity index (χ0) is 22.4. The zero-order valence-corrected chi connectivity index (χ0v) is 17.6. The average molecular weight is 424 g/mol. The van der Waals surface area contributed by atoms with Gasteiger partial charge in [0.25, 0.3) is 11.8 Å². The quantitative estimate of drug-likeness (QED) is 0.503. The summed E-state index contributed by atoms with van der Waals surface area (Å²) in [5.74, 6) is -1.34. The first kappa shape index (κ1) is 19.7. The largest absolute Gasteiger partial charge is 0.324 e. The average Bonchev–Trinajstić information content (AvgIpc) is 3.35. The minimum absolute atomic E-state index is 0.323. The number of carbonyl (C=O) groups is 3. The Morgan fingerprint density at radius 3 is 2.22 bits per heavy atom. The van der Waals surface area contributed by atoms with Gasteiger partial charge in [-0.2, -0.15) is 0 Å². The normalized spacial score (nSPS) is 14.0. The molecule has 0 unspecified atom stereocenters. The summed E-state index contributed by atoms with van der Waals surface area (Å²) >= 11 is 0. The first-order chi connectivity index (χ1) is 15.4. The van der Waals surface area contributed by atoms with Gasteiger partial charge >= 0.3 is 0 Å². The van der Waals surface area contributed by atoms with E-state index in [2.05, 4.69) is 10.3 Å². The van der Waals surface area contributed by atoms with Gasteiger partial charge in [-0.25, -0.2) is 4.98 Å². The Bertz CT molecular complexity index is 1350. The number of fused-ring (bicyclic) bond motifs is 2. The van der Waals surface area contributed by atoms with Gasteiger partial charge in [0.2, 0.25) is 5.91 Å². The Morgan fingerprint density at radius 1 is 0.938 bits per heavy atom. The lowest BCUT2D eigenvalue weighted by atomic mass is 10.1. The lowest BCUT2D eigenvalue weighted by molar-refractivity contribution is -0.119. The molecule has 1 N–H and O–H groups in total. The molecule has 0 saturated heterocycles. The number of aromatic nitrogens is 2. The Kier molecular flexibility index (Phi) is 4.59. The highest BCUT2D eigenvalue weighted by Crippen LogP contribution is 2.26. The number of hydrogen-bond donors (Lipinski definition) is 1. The summed E-state index contributed by atoms with van der Waals surface area (Å²) in [6.07, 6.45) is 3.91. The number of amides is 3. The summed E-state index contributed by atoms with van der Waals surface area (Å²) in [5, 5.41) is 2.79. The van der Waals surface area contributed by atoms with Gasteiger partial charge in [0.05, 0.1) is 16.8 Å². The Labute approximate surface area is 184 Å². The van der Waals surface area contributed by atoms with E-state index in [9.17, 15) is 14.4 Å². The lowest BCUT2D eigenvalue weighted by Crippen LogP contribution is -2.45. The fraction of sp³-hybridized carbons (Fsp3) is 0.120. The van der Waals surface area contributed by atoms with Crippen molar-refractivity contribution in [3.05, 3.63) is 89.7 Å². The van der Waals surface area contributed by atoms with Crippen LogP contribution in [-0.4, -0.2) is 38.0 Å².